The van der Waals surface area contributed by atoms with Crippen molar-refractivity contribution in [2.75, 3.05) is 0 Å². The SMILES string of the molecule is C#C[C@@H]1NC(=O)[C@@H]1[C@H](O)C=C. The first-order chi connectivity index (χ1) is 5.20. The highest BCUT2D eigenvalue weighted by Crippen LogP contribution is 2.18. The van der Waals surface area contributed by atoms with Crippen LogP contribution in [-0.4, -0.2) is 23.2 Å². The summed E-state index contributed by atoms with van der Waals surface area (Å²) in [5.74, 6) is 1.65. The van der Waals surface area contributed by atoms with Crippen LogP contribution in [0.4, 0.5) is 0 Å². The van der Waals surface area contributed by atoms with Crippen LogP contribution in [0.1, 0.15) is 0 Å². The van der Waals surface area contributed by atoms with Crippen LogP contribution in [0, 0.1) is 18.3 Å². The lowest BCUT2D eigenvalue weighted by Gasteiger charge is -2.34. The van der Waals surface area contributed by atoms with Gasteiger partial charge in [-0.05, 0) is 0 Å². The fourth-order valence-electron chi connectivity index (χ4n) is 1.04. The molecule has 2 N–H and O–H groups in total. The number of carbonyl (C=O) groups is 1. The molecule has 1 saturated heterocycles. The smallest absolute Gasteiger partial charge is 0.230 e. The van der Waals surface area contributed by atoms with E-state index in [1.54, 1.807) is 0 Å². The maximum atomic E-state index is 10.8. The molecule has 3 nitrogen and oxygen atoms in total. The van der Waals surface area contributed by atoms with Crippen LogP contribution < -0.4 is 5.32 Å². The van der Waals surface area contributed by atoms with E-state index in [0.29, 0.717) is 0 Å². The molecule has 3 heteroatoms. The monoisotopic (exact) mass is 151 g/mol. The minimum absolute atomic E-state index is 0.208. The molecule has 0 aromatic heterocycles. The number of aliphatic hydroxyl groups excluding tert-OH is 1. The Morgan fingerprint density at radius 2 is 2.55 bits per heavy atom. The van der Waals surface area contributed by atoms with Crippen molar-refractivity contribution in [2.24, 2.45) is 5.92 Å². The van der Waals surface area contributed by atoms with Gasteiger partial charge >= 0.3 is 0 Å². The molecule has 1 aliphatic heterocycles. The molecule has 0 radical (unpaired) electrons. The topological polar surface area (TPSA) is 49.3 Å². The normalized spacial score (nSPS) is 31.1. The van der Waals surface area contributed by atoms with Crippen LogP contribution in [-0.2, 0) is 4.79 Å². The maximum absolute atomic E-state index is 10.8. The Balaban J connectivity index is 2.63. The second kappa shape index (κ2) is 2.77. The standard InChI is InChI=1S/C8H9NO2/c1-3-5-7(6(10)4-2)8(11)9-5/h1,4-7,10H,2H2,(H,9,11)/t5-,6+,7-/m0/s1. The zero-order chi connectivity index (χ0) is 8.43. The number of aliphatic hydroxyl groups is 1. The predicted octanol–water partition coefficient (Wildman–Crippen LogP) is -0.719. The van der Waals surface area contributed by atoms with E-state index in [0.717, 1.165) is 0 Å². The van der Waals surface area contributed by atoms with Gasteiger partial charge in [0.15, 0.2) is 0 Å². The van der Waals surface area contributed by atoms with Crippen molar-refractivity contribution in [1.82, 2.24) is 5.32 Å². The second-order valence-electron chi connectivity index (χ2n) is 2.41. The van der Waals surface area contributed by atoms with Gasteiger partial charge in [-0.1, -0.05) is 12.0 Å². The van der Waals surface area contributed by atoms with Crippen molar-refractivity contribution in [3.8, 4) is 12.3 Å². The van der Waals surface area contributed by atoms with Crippen molar-refractivity contribution in [3.63, 3.8) is 0 Å². The Labute approximate surface area is 65.1 Å². The molecule has 0 unspecified atom stereocenters. The molecule has 1 aliphatic rings. The van der Waals surface area contributed by atoms with E-state index >= 15 is 0 Å². The summed E-state index contributed by atoms with van der Waals surface area (Å²) in [7, 11) is 0. The molecular formula is C8H9NO2. The zero-order valence-electron chi connectivity index (χ0n) is 5.95. The van der Waals surface area contributed by atoms with Crippen LogP contribution in [0.25, 0.3) is 0 Å². The third-order valence-electron chi connectivity index (χ3n) is 1.75. The van der Waals surface area contributed by atoms with Gasteiger partial charge in [0.2, 0.25) is 5.91 Å². The summed E-state index contributed by atoms with van der Waals surface area (Å²) in [5.41, 5.74) is 0. The zero-order valence-corrected chi connectivity index (χ0v) is 5.95. The predicted molar refractivity (Wildman–Crippen MR) is 40.5 cm³/mol. The molecule has 1 amide bonds. The van der Waals surface area contributed by atoms with Crippen LogP contribution in [0.3, 0.4) is 0 Å². The van der Waals surface area contributed by atoms with Crippen molar-refractivity contribution in [1.29, 1.82) is 0 Å². The van der Waals surface area contributed by atoms with Crippen molar-refractivity contribution >= 4 is 5.91 Å². The van der Waals surface area contributed by atoms with Crippen LogP contribution in [0.15, 0.2) is 12.7 Å². The Morgan fingerprint density at radius 1 is 1.91 bits per heavy atom. The number of β-lactam (4-membered cyclic amide) rings is 1. The molecule has 1 rings (SSSR count). The first kappa shape index (κ1) is 7.83. The molecule has 58 valence electrons. The number of amides is 1. The van der Waals surface area contributed by atoms with Crippen molar-refractivity contribution in [3.05, 3.63) is 12.7 Å². The minimum Gasteiger partial charge on any atom is -0.388 e. The third kappa shape index (κ3) is 1.13. The number of carbonyl (C=O) groups excluding carboxylic acids is 1. The van der Waals surface area contributed by atoms with Gasteiger partial charge < -0.3 is 10.4 Å². The van der Waals surface area contributed by atoms with Crippen LogP contribution >= 0.6 is 0 Å². The van der Waals surface area contributed by atoms with Gasteiger partial charge in [-0.3, -0.25) is 4.79 Å². The summed E-state index contributed by atoms with van der Waals surface area (Å²) >= 11 is 0. The molecule has 0 aromatic rings. The fraction of sp³-hybridized carbons (Fsp3) is 0.375. The Bertz CT molecular complexity index is 229. The molecule has 11 heavy (non-hydrogen) atoms. The van der Waals surface area contributed by atoms with Crippen molar-refractivity contribution in [2.45, 2.75) is 12.1 Å². The van der Waals surface area contributed by atoms with Gasteiger partial charge in [0, 0.05) is 0 Å². The molecule has 3 atom stereocenters. The van der Waals surface area contributed by atoms with E-state index in [2.05, 4.69) is 17.8 Å². The molecule has 0 aliphatic carbocycles. The van der Waals surface area contributed by atoms with E-state index in [-0.39, 0.29) is 11.9 Å². The number of terminal acetylenes is 1. The molecule has 0 spiro atoms. The first-order valence-electron chi connectivity index (χ1n) is 3.28. The largest absolute Gasteiger partial charge is 0.388 e. The molecule has 0 aromatic carbocycles. The Kier molecular flexibility index (Phi) is 1.97. The average Bonchev–Trinajstić information content (AvgIpc) is 1.99. The Hall–Kier alpha value is -1.27. The lowest BCUT2D eigenvalue weighted by atomic mass is 9.86. The summed E-state index contributed by atoms with van der Waals surface area (Å²) in [6, 6.07) is -0.338. The van der Waals surface area contributed by atoms with E-state index < -0.39 is 12.0 Å². The highest BCUT2D eigenvalue weighted by Gasteiger charge is 2.41. The summed E-state index contributed by atoms with van der Waals surface area (Å²) in [5, 5.41) is 11.7. The molecule has 1 heterocycles. The summed E-state index contributed by atoms with van der Waals surface area (Å²) in [6.07, 6.45) is 5.55. The molecule has 1 fully saturated rings. The molecule has 0 saturated carbocycles. The van der Waals surface area contributed by atoms with Crippen molar-refractivity contribution < 1.29 is 9.90 Å². The van der Waals surface area contributed by atoms with Gasteiger partial charge in [-0.25, -0.2) is 0 Å². The van der Waals surface area contributed by atoms with Gasteiger partial charge in [-0.2, -0.15) is 0 Å². The van der Waals surface area contributed by atoms with Gasteiger partial charge in [0.1, 0.15) is 6.04 Å². The lowest BCUT2D eigenvalue weighted by molar-refractivity contribution is -0.137. The summed E-state index contributed by atoms with van der Waals surface area (Å²) < 4.78 is 0. The number of hydrogen-bond acceptors (Lipinski definition) is 2. The van der Waals surface area contributed by atoms with E-state index in [9.17, 15) is 9.90 Å². The first-order valence-corrected chi connectivity index (χ1v) is 3.28. The minimum atomic E-state index is -0.829. The van der Waals surface area contributed by atoms with Gasteiger partial charge in [0.25, 0.3) is 0 Å². The van der Waals surface area contributed by atoms with Crippen LogP contribution in [0.2, 0.25) is 0 Å². The number of nitrogens with one attached hydrogen (secondary N) is 1. The van der Waals surface area contributed by atoms with E-state index in [1.807, 2.05) is 0 Å². The van der Waals surface area contributed by atoms with Gasteiger partial charge in [0.05, 0.1) is 12.0 Å². The highest BCUT2D eigenvalue weighted by atomic mass is 16.3. The van der Waals surface area contributed by atoms with E-state index in [1.165, 1.54) is 6.08 Å². The third-order valence-corrected chi connectivity index (χ3v) is 1.75. The lowest BCUT2D eigenvalue weighted by Crippen LogP contribution is -2.61. The average molecular weight is 151 g/mol. The number of hydrogen-bond donors (Lipinski definition) is 2. The number of rotatable bonds is 2. The molecule has 0 bridgehead atoms. The second-order valence-corrected chi connectivity index (χ2v) is 2.41. The van der Waals surface area contributed by atoms with Crippen LogP contribution in [0.5, 0.6) is 0 Å². The highest BCUT2D eigenvalue weighted by molar-refractivity contribution is 5.87. The van der Waals surface area contributed by atoms with Gasteiger partial charge in [-0.15, -0.1) is 13.0 Å². The quantitative estimate of drug-likeness (QED) is 0.311. The maximum Gasteiger partial charge on any atom is 0.230 e. The fourth-order valence-corrected chi connectivity index (χ4v) is 1.04. The summed E-state index contributed by atoms with van der Waals surface area (Å²) in [4.78, 5) is 10.8. The van der Waals surface area contributed by atoms with E-state index in [4.69, 9.17) is 6.42 Å². The molecular weight excluding hydrogens is 142 g/mol. The summed E-state index contributed by atoms with van der Waals surface area (Å²) in [6.45, 7) is 3.37. The Morgan fingerprint density at radius 3 is 2.91 bits per heavy atom.